The van der Waals surface area contributed by atoms with Crippen molar-refractivity contribution in [2.75, 3.05) is 5.73 Å². The van der Waals surface area contributed by atoms with Crippen LogP contribution in [0.5, 0.6) is 5.75 Å². The Morgan fingerprint density at radius 1 is 1.24 bits per heavy atom. The van der Waals surface area contributed by atoms with Crippen LogP contribution < -0.4 is 10.5 Å². The average molecular weight is 254 g/mol. The van der Waals surface area contributed by atoms with Gasteiger partial charge in [0.1, 0.15) is 5.75 Å². The van der Waals surface area contributed by atoms with Crippen LogP contribution in [0.1, 0.15) is 33.1 Å². The standard InChI is InChI=1S/C14H20ClNO/c1-9-3-5-12(7-10(9)2)17-14-6-4-11(15)8-13(14)16/h4,6,8-10,12H,3,5,7,16H2,1-2H3. The van der Waals surface area contributed by atoms with E-state index in [1.165, 1.54) is 6.42 Å². The number of benzene rings is 1. The van der Waals surface area contributed by atoms with Crippen molar-refractivity contribution in [2.24, 2.45) is 11.8 Å². The van der Waals surface area contributed by atoms with Crippen molar-refractivity contribution in [3.8, 4) is 5.75 Å². The number of hydrogen-bond donors (Lipinski definition) is 1. The molecule has 94 valence electrons. The minimum atomic E-state index is 0.296. The molecule has 0 saturated heterocycles. The van der Waals surface area contributed by atoms with Crippen molar-refractivity contribution in [2.45, 2.75) is 39.2 Å². The van der Waals surface area contributed by atoms with Crippen LogP contribution in [0.4, 0.5) is 5.69 Å². The average Bonchev–Trinajstić information content (AvgIpc) is 2.27. The number of hydrogen-bond acceptors (Lipinski definition) is 2. The molecule has 2 rings (SSSR count). The van der Waals surface area contributed by atoms with Gasteiger partial charge < -0.3 is 10.5 Å². The lowest BCUT2D eigenvalue weighted by Crippen LogP contribution is -2.28. The second-order valence-electron chi connectivity index (χ2n) is 5.19. The first kappa shape index (κ1) is 12.6. The van der Waals surface area contributed by atoms with Gasteiger partial charge in [0, 0.05) is 5.02 Å². The van der Waals surface area contributed by atoms with E-state index in [1.807, 2.05) is 12.1 Å². The highest BCUT2D eigenvalue weighted by Gasteiger charge is 2.26. The largest absolute Gasteiger partial charge is 0.488 e. The van der Waals surface area contributed by atoms with Crippen LogP contribution in [0.25, 0.3) is 0 Å². The zero-order valence-electron chi connectivity index (χ0n) is 10.4. The van der Waals surface area contributed by atoms with Gasteiger partial charge in [-0.2, -0.15) is 0 Å². The molecule has 3 unspecified atom stereocenters. The molecule has 0 radical (unpaired) electrons. The third-order valence-electron chi connectivity index (χ3n) is 3.82. The van der Waals surface area contributed by atoms with Gasteiger partial charge in [0.15, 0.2) is 0 Å². The van der Waals surface area contributed by atoms with E-state index in [9.17, 15) is 0 Å². The van der Waals surface area contributed by atoms with Gasteiger partial charge in [-0.3, -0.25) is 0 Å². The van der Waals surface area contributed by atoms with Gasteiger partial charge in [-0.25, -0.2) is 0 Å². The lowest BCUT2D eigenvalue weighted by Gasteiger charge is -2.32. The molecule has 1 fully saturated rings. The summed E-state index contributed by atoms with van der Waals surface area (Å²) in [6.07, 6.45) is 3.76. The molecule has 1 aliphatic carbocycles. The molecule has 0 amide bonds. The van der Waals surface area contributed by atoms with Crippen molar-refractivity contribution in [3.05, 3.63) is 23.2 Å². The summed E-state index contributed by atoms with van der Waals surface area (Å²) in [7, 11) is 0. The third kappa shape index (κ3) is 3.06. The molecule has 1 aliphatic rings. The van der Waals surface area contributed by atoms with Gasteiger partial charge in [0.05, 0.1) is 11.8 Å². The second-order valence-corrected chi connectivity index (χ2v) is 5.63. The molecule has 2 N–H and O–H groups in total. The highest BCUT2D eigenvalue weighted by Crippen LogP contribution is 2.33. The number of ether oxygens (including phenoxy) is 1. The number of nitrogen functional groups attached to an aromatic ring is 1. The number of anilines is 1. The van der Waals surface area contributed by atoms with Gasteiger partial charge in [-0.05, 0) is 49.3 Å². The molecule has 1 aromatic rings. The maximum Gasteiger partial charge on any atom is 0.142 e. The van der Waals surface area contributed by atoms with E-state index in [4.69, 9.17) is 22.1 Å². The Hall–Kier alpha value is -0.890. The molecule has 1 aromatic carbocycles. The Bertz CT molecular complexity index is 394. The summed E-state index contributed by atoms with van der Waals surface area (Å²) in [5, 5.41) is 0.653. The molecule has 3 atom stereocenters. The minimum absolute atomic E-state index is 0.296. The molecule has 0 aliphatic heterocycles. The molecule has 0 heterocycles. The summed E-state index contributed by atoms with van der Waals surface area (Å²) in [5.41, 5.74) is 6.52. The minimum Gasteiger partial charge on any atom is -0.488 e. The monoisotopic (exact) mass is 253 g/mol. The van der Waals surface area contributed by atoms with Crippen molar-refractivity contribution in [1.29, 1.82) is 0 Å². The summed E-state index contributed by atoms with van der Waals surface area (Å²) in [6.45, 7) is 4.61. The summed E-state index contributed by atoms with van der Waals surface area (Å²) in [5.74, 6) is 2.29. The van der Waals surface area contributed by atoms with Crippen LogP contribution >= 0.6 is 11.6 Å². The molecular weight excluding hydrogens is 234 g/mol. The first-order valence-corrected chi connectivity index (χ1v) is 6.65. The Morgan fingerprint density at radius 2 is 2.00 bits per heavy atom. The van der Waals surface area contributed by atoms with E-state index in [0.29, 0.717) is 16.8 Å². The van der Waals surface area contributed by atoms with Crippen LogP contribution in [0.15, 0.2) is 18.2 Å². The number of rotatable bonds is 2. The Labute approximate surface area is 108 Å². The van der Waals surface area contributed by atoms with Crippen LogP contribution in [-0.4, -0.2) is 6.10 Å². The van der Waals surface area contributed by atoms with Crippen molar-refractivity contribution in [3.63, 3.8) is 0 Å². The van der Waals surface area contributed by atoms with Crippen LogP contribution in [0, 0.1) is 11.8 Å². The van der Waals surface area contributed by atoms with Crippen molar-refractivity contribution >= 4 is 17.3 Å². The Morgan fingerprint density at radius 3 is 2.65 bits per heavy atom. The van der Waals surface area contributed by atoms with Crippen molar-refractivity contribution < 1.29 is 4.74 Å². The lowest BCUT2D eigenvalue weighted by molar-refractivity contribution is 0.101. The molecule has 0 aromatic heterocycles. The van der Waals surface area contributed by atoms with Gasteiger partial charge >= 0.3 is 0 Å². The fourth-order valence-electron chi connectivity index (χ4n) is 2.41. The van der Waals surface area contributed by atoms with Gasteiger partial charge in [-0.1, -0.05) is 25.4 Å². The van der Waals surface area contributed by atoms with E-state index in [-0.39, 0.29) is 0 Å². The molecule has 0 spiro atoms. The smallest absolute Gasteiger partial charge is 0.142 e. The maximum atomic E-state index is 5.98. The molecule has 2 nitrogen and oxygen atoms in total. The fourth-order valence-corrected chi connectivity index (χ4v) is 2.59. The van der Waals surface area contributed by atoms with E-state index >= 15 is 0 Å². The summed E-state index contributed by atoms with van der Waals surface area (Å²) < 4.78 is 5.98. The predicted octanol–water partition coefficient (Wildman–Crippen LogP) is 4.13. The highest BCUT2D eigenvalue weighted by atomic mass is 35.5. The fraction of sp³-hybridized carbons (Fsp3) is 0.571. The SMILES string of the molecule is CC1CCC(Oc2ccc(Cl)cc2N)CC1C. The van der Waals surface area contributed by atoms with Gasteiger partial charge in [0.25, 0.3) is 0 Å². The van der Waals surface area contributed by atoms with E-state index < -0.39 is 0 Å². The van der Waals surface area contributed by atoms with E-state index in [1.54, 1.807) is 6.07 Å². The highest BCUT2D eigenvalue weighted by molar-refractivity contribution is 6.30. The van der Waals surface area contributed by atoms with Crippen molar-refractivity contribution in [1.82, 2.24) is 0 Å². The normalized spacial score (nSPS) is 29.0. The lowest BCUT2D eigenvalue weighted by atomic mass is 9.80. The molecule has 17 heavy (non-hydrogen) atoms. The number of halogens is 1. The van der Waals surface area contributed by atoms with E-state index in [0.717, 1.165) is 30.4 Å². The molecule has 1 saturated carbocycles. The second kappa shape index (κ2) is 5.18. The Balaban J connectivity index is 2.01. The molecule has 0 bridgehead atoms. The molecular formula is C14H20ClNO. The Kier molecular flexibility index (Phi) is 3.82. The summed E-state index contributed by atoms with van der Waals surface area (Å²) >= 11 is 5.87. The van der Waals surface area contributed by atoms with Gasteiger partial charge in [-0.15, -0.1) is 0 Å². The zero-order valence-corrected chi connectivity index (χ0v) is 11.2. The van der Waals surface area contributed by atoms with Crippen LogP contribution in [0.2, 0.25) is 5.02 Å². The number of nitrogens with two attached hydrogens (primary N) is 1. The quantitative estimate of drug-likeness (QED) is 0.805. The van der Waals surface area contributed by atoms with Crippen LogP contribution in [0.3, 0.4) is 0 Å². The first-order valence-electron chi connectivity index (χ1n) is 6.28. The zero-order chi connectivity index (χ0) is 12.4. The maximum absolute atomic E-state index is 5.98. The third-order valence-corrected chi connectivity index (χ3v) is 4.05. The first-order chi connectivity index (χ1) is 8.06. The predicted molar refractivity (Wildman–Crippen MR) is 72.5 cm³/mol. The molecule has 3 heteroatoms. The van der Waals surface area contributed by atoms with Gasteiger partial charge in [0.2, 0.25) is 0 Å². The topological polar surface area (TPSA) is 35.2 Å². The summed E-state index contributed by atoms with van der Waals surface area (Å²) in [6, 6.07) is 5.42. The van der Waals surface area contributed by atoms with Crippen LogP contribution in [-0.2, 0) is 0 Å². The summed E-state index contributed by atoms with van der Waals surface area (Å²) in [4.78, 5) is 0. The van der Waals surface area contributed by atoms with E-state index in [2.05, 4.69) is 13.8 Å².